The second-order valence-corrected chi connectivity index (χ2v) is 7.87. The molecule has 1 aliphatic heterocycles. The second kappa shape index (κ2) is 12.0. The Morgan fingerprint density at radius 1 is 0.818 bits per heavy atom. The number of aryl methyl sites for hydroxylation is 1. The van der Waals surface area contributed by atoms with E-state index < -0.39 is 5.97 Å². The Morgan fingerprint density at radius 3 is 2.18 bits per heavy atom. The van der Waals surface area contributed by atoms with E-state index in [-0.39, 0.29) is 30.5 Å². The molecule has 0 bridgehead atoms. The van der Waals surface area contributed by atoms with Crippen LogP contribution in [0.25, 0.3) is 0 Å². The van der Waals surface area contributed by atoms with Crippen molar-refractivity contribution >= 4 is 17.7 Å². The number of Topliss-reactive ketones (excluding diaryl/α,β-unsaturated/α-hetero) is 1. The molecule has 0 aromatic heterocycles. The van der Waals surface area contributed by atoms with E-state index in [1.807, 2.05) is 30.9 Å². The third-order valence-corrected chi connectivity index (χ3v) is 5.56. The van der Waals surface area contributed by atoms with E-state index in [9.17, 15) is 14.4 Å². The van der Waals surface area contributed by atoms with Gasteiger partial charge in [0.1, 0.15) is 0 Å². The molecule has 2 aromatic carbocycles. The van der Waals surface area contributed by atoms with Crippen molar-refractivity contribution < 1.29 is 28.6 Å². The van der Waals surface area contributed by atoms with Gasteiger partial charge in [0, 0.05) is 18.7 Å². The maximum Gasteiger partial charge on any atom is 0.338 e. The number of esters is 1. The van der Waals surface area contributed by atoms with Crippen LogP contribution in [-0.4, -0.2) is 55.5 Å². The maximum absolute atomic E-state index is 12.5. The summed E-state index contributed by atoms with van der Waals surface area (Å²) in [7, 11) is 0. The number of piperidine rings is 1. The third-order valence-electron chi connectivity index (χ3n) is 5.56. The van der Waals surface area contributed by atoms with Crippen LogP contribution in [0.4, 0.5) is 0 Å². The lowest BCUT2D eigenvalue weighted by Crippen LogP contribution is -2.38. The van der Waals surface area contributed by atoms with Crippen LogP contribution in [0.2, 0.25) is 0 Å². The summed E-state index contributed by atoms with van der Waals surface area (Å²) in [5.41, 5.74) is 1.87. The first kappa shape index (κ1) is 24.3. The minimum atomic E-state index is -0.634. The summed E-state index contributed by atoms with van der Waals surface area (Å²) < 4.78 is 16.5. The SMILES string of the molecule is CCOc1cc(C(=O)OCC(=O)c2ccc(CC)cc2)ccc1OCC(=O)N1CCCCC1. The number of hydrogen-bond donors (Lipinski definition) is 0. The van der Waals surface area contributed by atoms with Crippen LogP contribution >= 0.6 is 0 Å². The molecule has 33 heavy (non-hydrogen) atoms. The number of rotatable bonds is 10. The Morgan fingerprint density at radius 2 is 1.52 bits per heavy atom. The summed E-state index contributed by atoms with van der Waals surface area (Å²) in [6.45, 7) is 5.29. The Hall–Kier alpha value is -3.35. The quantitative estimate of drug-likeness (QED) is 0.398. The van der Waals surface area contributed by atoms with Gasteiger partial charge in [-0.3, -0.25) is 9.59 Å². The molecule has 0 spiro atoms. The van der Waals surface area contributed by atoms with Gasteiger partial charge in [-0.1, -0.05) is 31.2 Å². The highest BCUT2D eigenvalue weighted by molar-refractivity contribution is 5.99. The van der Waals surface area contributed by atoms with Crippen molar-refractivity contribution in [1.82, 2.24) is 4.90 Å². The zero-order valence-corrected chi connectivity index (χ0v) is 19.3. The van der Waals surface area contributed by atoms with Gasteiger partial charge in [-0.05, 0) is 56.4 Å². The summed E-state index contributed by atoms with van der Waals surface area (Å²) in [5, 5.41) is 0. The van der Waals surface area contributed by atoms with E-state index >= 15 is 0 Å². The molecular formula is C26H31NO6. The van der Waals surface area contributed by atoms with Crippen molar-refractivity contribution in [2.45, 2.75) is 39.5 Å². The smallest absolute Gasteiger partial charge is 0.338 e. The minimum Gasteiger partial charge on any atom is -0.490 e. The predicted molar refractivity (Wildman–Crippen MR) is 124 cm³/mol. The first-order valence-corrected chi connectivity index (χ1v) is 11.5. The average Bonchev–Trinajstić information content (AvgIpc) is 2.86. The van der Waals surface area contributed by atoms with E-state index in [2.05, 4.69) is 0 Å². The van der Waals surface area contributed by atoms with Crippen molar-refractivity contribution in [3.63, 3.8) is 0 Å². The van der Waals surface area contributed by atoms with Crippen molar-refractivity contribution in [3.8, 4) is 11.5 Å². The number of hydrogen-bond acceptors (Lipinski definition) is 6. The zero-order valence-electron chi connectivity index (χ0n) is 19.3. The van der Waals surface area contributed by atoms with E-state index in [4.69, 9.17) is 14.2 Å². The van der Waals surface area contributed by atoms with Gasteiger partial charge >= 0.3 is 5.97 Å². The lowest BCUT2D eigenvalue weighted by atomic mass is 10.1. The van der Waals surface area contributed by atoms with Crippen LogP contribution in [0.1, 0.15) is 59.4 Å². The zero-order chi connectivity index (χ0) is 23.6. The number of ketones is 1. The maximum atomic E-state index is 12.5. The van der Waals surface area contributed by atoms with Crippen LogP contribution in [0.15, 0.2) is 42.5 Å². The first-order valence-electron chi connectivity index (χ1n) is 11.5. The van der Waals surface area contributed by atoms with Crippen LogP contribution in [0.3, 0.4) is 0 Å². The minimum absolute atomic E-state index is 0.0638. The Labute approximate surface area is 194 Å². The summed E-state index contributed by atoms with van der Waals surface area (Å²) in [5.74, 6) is -0.241. The molecular weight excluding hydrogens is 422 g/mol. The molecule has 7 nitrogen and oxygen atoms in total. The van der Waals surface area contributed by atoms with Crippen molar-refractivity contribution in [1.29, 1.82) is 0 Å². The predicted octanol–water partition coefficient (Wildman–Crippen LogP) is 4.08. The molecule has 176 valence electrons. The number of benzene rings is 2. The van der Waals surface area contributed by atoms with Crippen LogP contribution in [-0.2, 0) is 16.0 Å². The molecule has 1 heterocycles. The molecule has 0 aliphatic carbocycles. The van der Waals surface area contributed by atoms with Crippen LogP contribution < -0.4 is 9.47 Å². The molecule has 7 heteroatoms. The Kier molecular flexibility index (Phi) is 8.87. The van der Waals surface area contributed by atoms with Gasteiger partial charge in [-0.15, -0.1) is 0 Å². The lowest BCUT2D eigenvalue weighted by molar-refractivity contribution is -0.134. The largest absolute Gasteiger partial charge is 0.490 e. The number of ether oxygens (including phenoxy) is 3. The highest BCUT2D eigenvalue weighted by atomic mass is 16.5. The molecule has 0 atom stereocenters. The van der Waals surface area contributed by atoms with Crippen molar-refractivity contribution in [3.05, 3.63) is 59.2 Å². The van der Waals surface area contributed by atoms with Gasteiger partial charge < -0.3 is 19.1 Å². The summed E-state index contributed by atoms with van der Waals surface area (Å²) in [6, 6.07) is 11.9. The normalized spacial score (nSPS) is 13.3. The fourth-order valence-electron chi connectivity index (χ4n) is 3.62. The van der Waals surface area contributed by atoms with Gasteiger partial charge in [-0.25, -0.2) is 4.79 Å². The van der Waals surface area contributed by atoms with E-state index in [0.29, 0.717) is 23.7 Å². The topological polar surface area (TPSA) is 82.1 Å². The molecule has 0 saturated carbocycles. The average molecular weight is 454 g/mol. The number of carbonyl (C=O) groups excluding carboxylic acids is 3. The number of amides is 1. The molecule has 0 N–H and O–H groups in total. The van der Waals surface area contributed by atoms with E-state index in [0.717, 1.165) is 44.3 Å². The molecule has 1 fully saturated rings. The third kappa shape index (κ3) is 6.81. The highest BCUT2D eigenvalue weighted by Gasteiger charge is 2.19. The molecule has 1 amide bonds. The van der Waals surface area contributed by atoms with Crippen molar-refractivity contribution in [2.24, 2.45) is 0 Å². The Bertz CT molecular complexity index is 963. The van der Waals surface area contributed by atoms with Gasteiger partial charge in [0.05, 0.1) is 12.2 Å². The fourth-order valence-corrected chi connectivity index (χ4v) is 3.62. The molecule has 1 aliphatic rings. The number of nitrogens with zero attached hydrogens (tertiary/aromatic N) is 1. The summed E-state index contributed by atoms with van der Waals surface area (Å²) in [4.78, 5) is 39.0. The van der Waals surface area contributed by atoms with Crippen molar-refractivity contribution in [2.75, 3.05) is 32.9 Å². The van der Waals surface area contributed by atoms with Gasteiger partial charge in [0.15, 0.2) is 30.5 Å². The monoisotopic (exact) mass is 453 g/mol. The summed E-state index contributed by atoms with van der Waals surface area (Å²) in [6.07, 6.45) is 4.06. The molecule has 0 unspecified atom stereocenters. The van der Waals surface area contributed by atoms with Crippen LogP contribution in [0, 0.1) is 0 Å². The fraction of sp³-hybridized carbons (Fsp3) is 0.423. The number of likely N-dealkylation sites (tertiary alicyclic amines) is 1. The highest BCUT2D eigenvalue weighted by Crippen LogP contribution is 2.29. The molecule has 1 saturated heterocycles. The molecule has 0 radical (unpaired) electrons. The molecule has 2 aromatic rings. The standard InChI is InChI=1S/C26H31NO6/c1-3-19-8-10-20(11-9-19)22(28)17-33-26(30)21-12-13-23(24(16-21)31-4-2)32-18-25(29)27-14-6-5-7-15-27/h8-13,16H,3-7,14-15,17-18H2,1-2H3. The number of carbonyl (C=O) groups is 3. The van der Waals surface area contributed by atoms with E-state index in [1.165, 1.54) is 12.1 Å². The van der Waals surface area contributed by atoms with Gasteiger partial charge in [0.2, 0.25) is 0 Å². The van der Waals surface area contributed by atoms with Gasteiger partial charge in [-0.2, -0.15) is 0 Å². The Balaban J connectivity index is 1.59. The molecule has 3 rings (SSSR count). The van der Waals surface area contributed by atoms with Crippen LogP contribution in [0.5, 0.6) is 11.5 Å². The van der Waals surface area contributed by atoms with Gasteiger partial charge in [0.25, 0.3) is 5.91 Å². The second-order valence-electron chi connectivity index (χ2n) is 7.87. The lowest BCUT2D eigenvalue weighted by Gasteiger charge is -2.26. The first-order chi connectivity index (χ1) is 16.0. The summed E-state index contributed by atoms with van der Waals surface area (Å²) >= 11 is 0. The van der Waals surface area contributed by atoms with E-state index in [1.54, 1.807) is 18.2 Å².